The Morgan fingerprint density at radius 2 is 2.06 bits per heavy atom. The molecule has 0 amide bonds. The largest absolute Gasteiger partial charge is 0.290 e. The number of piperidine rings is 1. The van der Waals surface area contributed by atoms with Gasteiger partial charge in [-0.15, -0.1) is 0 Å². The smallest absolute Gasteiger partial charge is 0.141 e. The first-order chi connectivity index (χ1) is 8.28. The Morgan fingerprint density at radius 1 is 1.35 bits per heavy atom. The average molecular weight is 299 g/mol. The van der Waals surface area contributed by atoms with Gasteiger partial charge in [-0.25, -0.2) is 9.67 Å². The fraction of sp³-hybridized carbons (Fsp3) is 0.833. The third-order valence-corrected chi connectivity index (χ3v) is 4.89. The molecule has 3 rings (SSSR count). The SMILES string of the molecule is CCn1ncnc1CN1C2CCC1CC(Br)C2. The van der Waals surface area contributed by atoms with Crippen molar-refractivity contribution in [3.8, 4) is 0 Å². The van der Waals surface area contributed by atoms with Crippen molar-refractivity contribution in [2.24, 2.45) is 0 Å². The first kappa shape index (κ1) is 11.7. The van der Waals surface area contributed by atoms with Crippen LogP contribution in [-0.2, 0) is 13.1 Å². The zero-order valence-electron chi connectivity index (χ0n) is 10.2. The van der Waals surface area contributed by atoms with Gasteiger partial charge in [-0.05, 0) is 32.6 Å². The van der Waals surface area contributed by atoms with Crippen LogP contribution in [-0.4, -0.2) is 36.6 Å². The summed E-state index contributed by atoms with van der Waals surface area (Å²) in [5, 5.41) is 4.26. The minimum atomic E-state index is 0.722. The lowest BCUT2D eigenvalue weighted by Crippen LogP contribution is -2.43. The van der Waals surface area contributed by atoms with Crippen molar-refractivity contribution in [3.63, 3.8) is 0 Å². The molecule has 0 aromatic carbocycles. The van der Waals surface area contributed by atoms with Gasteiger partial charge in [-0.2, -0.15) is 5.10 Å². The molecule has 2 fully saturated rings. The Hall–Kier alpha value is -0.420. The van der Waals surface area contributed by atoms with E-state index in [2.05, 4.69) is 37.8 Å². The van der Waals surface area contributed by atoms with E-state index in [0.29, 0.717) is 0 Å². The maximum atomic E-state index is 4.40. The molecule has 0 spiro atoms. The highest BCUT2D eigenvalue weighted by atomic mass is 79.9. The van der Waals surface area contributed by atoms with Gasteiger partial charge in [0.15, 0.2) is 0 Å². The van der Waals surface area contributed by atoms with E-state index < -0.39 is 0 Å². The highest BCUT2D eigenvalue weighted by Gasteiger charge is 2.40. The zero-order chi connectivity index (χ0) is 11.8. The van der Waals surface area contributed by atoms with Gasteiger partial charge in [-0.1, -0.05) is 15.9 Å². The Bertz CT molecular complexity index is 378. The topological polar surface area (TPSA) is 34.0 Å². The molecule has 1 aromatic rings. The number of nitrogens with zero attached hydrogens (tertiary/aromatic N) is 4. The number of halogens is 1. The Labute approximate surface area is 111 Å². The Kier molecular flexibility index (Phi) is 3.21. The van der Waals surface area contributed by atoms with Gasteiger partial charge in [0.05, 0.1) is 6.54 Å². The van der Waals surface area contributed by atoms with Crippen molar-refractivity contribution in [2.45, 2.75) is 62.6 Å². The second kappa shape index (κ2) is 4.69. The number of aromatic nitrogens is 3. The average Bonchev–Trinajstić information content (AvgIpc) is 2.84. The van der Waals surface area contributed by atoms with Crippen LogP contribution in [0.2, 0.25) is 0 Å². The molecule has 2 aliphatic heterocycles. The monoisotopic (exact) mass is 298 g/mol. The second-order valence-corrected chi connectivity index (χ2v) is 6.41. The predicted molar refractivity (Wildman–Crippen MR) is 70.0 cm³/mol. The lowest BCUT2D eigenvalue weighted by atomic mass is 10.0. The van der Waals surface area contributed by atoms with Crippen molar-refractivity contribution in [2.75, 3.05) is 0 Å². The Morgan fingerprint density at radius 3 is 2.71 bits per heavy atom. The molecule has 2 bridgehead atoms. The first-order valence-corrected chi connectivity index (χ1v) is 7.46. The summed E-state index contributed by atoms with van der Waals surface area (Å²) in [6, 6.07) is 1.50. The van der Waals surface area contributed by atoms with Crippen molar-refractivity contribution >= 4 is 15.9 Å². The van der Waals surface area contributed by atoms with Crippen LogP contribution < -0.4 is 0 Å². The first-order valence-electron chi connectivity index (χ1n) is 6.54. The van der Waals surface area contributed by atoms with E-state index in [4.69, 9.17) is 0 Å². The van der Waals surface area contributed by atoms with Crippen LogP contribution in [0.5, 0.6) is 0 Å². The summed E-state index contributed by atoms with van der Waals surface area (Å²) in [4.78, 5) is 7.76. The van der Waals surface area contributed by atoms with Gasteiger partial charge >= 0.3 is 0 Å². The molecule has 2 unspecified atom stereocenters. The molecule has 4 nitrogen and oxygen atoms in total. The van der Waals surface area contributed by atoms with Crippen LogP contribution in [0.15, 0.2) is 6.33 Å². The summed E-state index contributed by atoms with van der Waals surface area (Å²) in [7, 11) is 0. The Balaban J connectivity index is 1.74. The van der Waals surface area contributed by atoms with Gasteiger partial charge in [0, 0.05) is 23.5 Å². The van der Waals surface area contributed by atoms with Crippen molar-refractivity contribution in [1.82, 2.24) is 19.7 Å². The van der Waals surface area contributed by atoms with Crippen LogP contribution in [0.1, 0.15) is 38.4 Å². The van der Waals surface area contributed by atoms with Gasteiger partial charge in [-0.3, -0.25) is 4.90 Å². The quantitative estimate of drug-likeness (QED) is 0.802. The van der Waals surface area contributed by atoms with Crippen LogP contribution in [0.25, 0.3) is 0 Å². The lowest BCUT2D eigenvalue weighted by molar-refractivity contribution is 0.131. The molecule has 2 saturated heterocycles. The summed E-state index contributed by atoms with van der Waals surface area (Å²) in [5.74, 6) is 1.12. The highest BCUT2D eigenvalue weighted by Crippen LogP contribution is 2.39. The number of fused-ring (bicyclic) bond motifs is 2. The molecular weight excluding hydrogens is 280 g/mol. The molecule has 0 N–H and O–H groups in total. The summed E-state index contributed by atoms with van der Waals surface area (Å²) in [6.45, 7) is 4.01. The molecule has 2 atom stereocenters. The third kappa shape index (κ3) is 2.15. The maximum absolute atomic E-state index is 4.40. The molecule has 17 heavy (non-hydrogen) atoms. The molecule has 3 heterocycles. The molecule has 0 radical (unpaired) electrons. The fourth-order valence-electron chi connectivity index (χ4n) is 3.30. The van der Waals surface area contributed by atoms with Gasteiger partial charge in [0.2, 0.25) is 0 Å². The summed E-state index contributed by atoms with van der Waals surface area (Å²) in [5.41, 5.74) is 0. The number of alkyl halides is 1. The van der Waals surface area contributed by atoms with Gasteiger partial charge in [0.1, 0.15) is 12.2 Å². The molecule has 2 aliphatic rings. The molecule has 94 valence electrons. The van der Waals surface area contributed by atoms with Crippen LogP contribution >= 0.6 is 15.9 Å². The van der Waals surface area contributed by atoms with E-state index in [1.54, 1.807) is 6.33 Å². The minimum absolute atomic E-state index is 0.722. The third-order valence-electron chi connectivity index (χ3n) is 4.15. The number of hydrogen-bond acceptors (Lipinski definition) is 3. The maximum Gasteiger partial charge on any atom is 0.141 e. The molecule has 0 aliphatic carbocycles. The molecular formula is C12H19BrN4. The molecule has 1 aromatic heterocycles. The normalized spacial score (nSPS) is 33.2. The van der Waals surface area contributed by atoms with Crippen LogP contribution in [0.3, 0.4) is 0 Å². The van der Waals surface area contributed by atoms with E-state index in [-0.39, 0.29) is 0 Å². The summed E-state index contributed by atoms with van der Waals surface area (Å²) < 4.78 is 2.01. The van der Waals surface area contributed by atoms with Crippen LogP contribution in [0.4, 0.5) is 0 Å². The van der Waals surface area contributed by atoms with Crippen molar-refractivity contribution < 1.29 is 0 Å². The number of hydrogen-bond donors (Lipinski definition) is 0. The second-order valence-electron chi connectivity index (χ2n) is 5.12. The molecule has 5 heteroatoms. The predicted octanol–water partition coefficient (Wildman–Crippen LogP) is 2.19. The van der Waals surface area contributed by atoms with Gasteiger partial charge in [0.25, 0.3) is 0 Å². The lowest BCUT2D eigenvalue weighted by Gasteiger charge is -2.36. The number of rotatable bonds is 3. The summed E-state index contributed by atoms with van der Waals surface area (Å²) >= 11 is 3.78. The molecule has 0 saturated carbocycles. The van der Waals surface area contributed by atoms with Crippen LogP contribution in [0, 0.1) is 0 Å². The van der Waals surface area contributed by atoms with Gasteiger partial charge < -0.3 is 0 Å². The van der Waals surface area contributed by atoms with Crippen molar-refractivity contribution in [3.05, 3.63) is 12.2 Å². The fourth-order valence-corrected chi connectivity index (χ4v) is 4.17. The number of aryl methyl sites for hydroxylation is 1. The van der Waals surface area contributed by atoms with E-state index in [1.807, 2.05) is 4.68 Å². The highest BCUT2D eigenvalue weighted by molar-refractivity contribution is 9.09. The zero-order valence-corrected chi connectivity index (χ0v) is 11.8. The van der Waals surface area contributed by atoms with Crippen molar-refractivity contribution in [1.29, 1.82) is 0 Å². The van der Waals surface area contributed by atoms with E-state index >= 15 is 0 Å². The van der Waals surface area contributed by atoms with E-state index in [0.717, 1.165) is 35.8 Å². The minimum Gasteiger partial charge on any atom is -0.290 e. The van der Waals surface area contributed by atoms with E-state index in [9.17, 15) is 0 Å². The standard InChI is InChI=1S/C12H19BrN4/c1-2-17-12(14-8-15-17)7-16-10-3-4-11(16)6-9(13)5-10/h8-11H,2-7H2,1H3. The van der Waals surface area contributed by atoms with E-state index in [1.165, 1.54) is 25.7 Å². The summed E-state index contributed by atoms with van der Waals surface area (Å²) in [6.07, 6.45) is 6.96.